The van der Waals surface area contributed by atoms with Crippen molar-refractivity contribution in [3.05, 3.63) is 79.4 Å². The summed E-state index contributed by atoms with van der Waals surface area (Å²) in [4.78, 5) is 29.8. The SMILES string of the molecule is C=CC(=O)Nc1ccnc(-c2cccc3cnc(Nc4ccc([C@]5(CO)CNCCO5)nc4)nc23)c1. The Morgan fingerprint density at radius 1 is 1.17 bits per heavy atom. The maximum atomic E-state index is 11.7. The Bertz CT molecular complexity index is 1400. The van der Waals surface area contributed by atoms with Crippen molar-refractivity contribution in [2.24, 2.45) is 0 Å². The van der Waals surface area contributed by atoms with E-state index in [0.29, 0.717) is 47.4 Å². The Hall–Kier alpha value is -4.25. The van der Waals surface area contributed by atoms with Crippen LogP contribution >= 0.6 is 0 Å². The van der Waals surface area contributed by atoms with E-state index < -0.39 is 5.60 Å². The van der Waals surface area contributed by atoms with E-state index in [4.69, 9.17) is 9.72 Å². The maximum Gasteiger partial charge on any atom is 0.247 e. The second-order valence-corrected chi connectivity index (χ2v) is 8.29. The Balaban J connectivity index is 1.42. The van der Waals surface area contributed by atoms with Gasteiger partial charge in [-0.3, -0.25) is 14.8 Å². The molecule has 1 atom stereocenters. The van der Waals surface area contributed by atoms with E-state index in [9.17, 15) is 9.90 Å². The second kappa shape index (κ2) is 10.2. The minimum atomic E-state index is -0.849. The van der Waals surface area contributed by atoms with Gasteiger partial charge in [0.2, 0.25) is 11.9 Å². The van der Waals surface area contributed by atoms with Gasteiger partial charge < -0.3 is 25.8 Å². The van der Waals surface area contributed by atoms with Crippen molar-refractivity contribution < 1.29 is 14.6 Å². The smallest absolute Gasteiger partial charge is 0.247 e. The molecule has 182 valence electrons. The summed E-state index contributed by atoms with van der Waals surface area (Å²) in [6, 6.07) is 12.9. The number of aromatic nitrogens is 4. The molecule has 10 heteroatoms. The largest absolute Gasteiger partial charge is 0.393 e. The van der Waals surface area contributed by atoms with Gasteiger partial charge in [-0.1, -0.05) is 24.8 Å². The summed E-state index contributed by atoms with van der Waals surface area (Å²) in [5.74, 6) is 0.0998. The number of aliphatic hydroxyl groups excluding tert-OH is 1. The molecule has 36 heavy (non-hydrogen) atoms. The van der Waals surface area contributed by atoms with Crippen LogP contribution in [0.1, 0.15) is 5.69 Å². The van der Waals surface area contributed by atoms with E-state index in [2.05, 4.69) is 37.5 Å². The van der Waals surface area contributed by atoms with Gasteiger partial charge in [0.15, 0.2) is 0 Å². The molecular weight excluding hydrogens is 458 g/mol. The quantitative estimate of drug-likeness (QED) is 0.293. The van der Waals surface area contributed by atoms with Crippen LogP contribution < -0.4 is 16.0 Å². The van der Waals surface area contributed by atoms with E-state index in [-0.39, 0.29) is 12.5 Å². The lowest BCUT2D eigenvalue weighted by molar-refractivity contribution is -0.111. The minimum absolute atomic E-state index is 0.164. The van der Waals surface area contributed by atoms with Crippen LogP contribution in [0.15, 0.2) is 73.7 Å². The van der Waals surface area contributed by atoms with Gasteiger partial charge >= 0.3 is 0 Å². The van der Waals surface area contributed by atoms with Gasteiger partial charge in [0.1, 0.15) is 5.60 Å². The monoisotopic (exact) mass is 483 g/mol. The van der Waals surface area contributed by atoms with E-state index in [1.165, 1.54) is 6.08 Å². The highest BCUT2D eigenvalue weighted by Gasteiger charge is 2.36. The summed E-state index contributed by atoms with van der Waals surface area (Å²) in [5.41, 5.74) is 3.27. The van der Waals surface area contributed by atoms with Gasteiger partial charge in [-0.15, -0.1) is 0 Å². The third-order valence-corrected chi connectivity index (χ3v) is 5.91. The first-order valence-corrected chi connectivity index (χ1v) is 11.4. The Morgan fingerprint density at radius 3 is 2.83 bits per heavy atom. The fraction of sp³-hybridized carbons (Fsp3) is 0.192. The van der Waals surface area contributed by atoms with Gasteiger partial charge in [0.05, 0.1) is 42.0 Å². The normalized spacial score (nSPS) is 17.5. The first kappa shape index (κ1) is 23.5. The lowest BCUT2D eigenvalue weighted by Gasteiger charge is -2.35. The number of carbonyl (C=O) groups excluding carboxylic acids is 1. The zero-order chi connectivity index (χ0) is 25.0. The van der Waals surface area contributed by atoms with Crippen molar-refractivity contribution in [3.8, 4) is 11.3 Å². The number of carbonyl (C=O) groups is 1. The average molecular weight is 484 g/mol. The molecule has 4 aromatic rings. The van der Waals surface area contributed by atoms with Crippen molar-refractivity contribution in [2.45, 2.75) is 5.60 Å². The van der Waals surface area contributed by atoms with Gasteiger partial charge in [-0.25, -0.2) is 9.97 Å². The molecule has 4 heterocycles. The summed E-state index contributed by atoms with van der Waals surface area (Å²) >= 11 is 0. The molecule has 1 amide bonds. The number of rotatable bonds is 7. The molecule has 1 aliphatic rings. The number of amides is 1. The van der Waals surface area contributed by atoms with Crippen molar-refractivity contribution in [1.82, 2.24) is 25.3 Å². The first-order valence-electron chi connectivity index (χ1n) is 11.4. The second-order valence-electron chi connectivity index (χ2n) is 8.29. The summed E-state index contributed by atoms with van der Waals surface area (Å²) in [7, 11) is 0. The summed E-state index contributed by atoms with van der Waals surface area (Å²) in [6.45, 7) is 5.06. The molecule has 10 nitrogen and oxygen atoms in total. The van der Waals surface area contributed by atoms with Gasteiger partial charge in [-0.05, 0) is 30.3 Å². The zero-order valence-corrected chi connectivity index (χ0v) is 19.4. The third kappa shape index (κ3) is 4.78. The third-order valence-electron chi connectivity index (χ3n) is 5.91. The van der Waals surface area contributed by atoms with Crippen LogP contribution in [-0.2, 0) is 15.1 Å². The number of hydrogen-bond donors (Lipinski definition) is 4. The zero-order valence-electron chi connectivity index (χ0n) is 19.4. The molecule has 1 aliphatic heterocycles. The van der Waals surface area contributed by atoms with E-state index >= 15 is 0 Å². The molecule has 0 bridgehead atoms. The lowest BCUT2D eigenvalue weighted by Crippen LogP contribution is -2.50. The van der Waals surface area contributed by atoms with Crippen LogP contribution in [0.3, 0.4) is 0 Å². The Labute approximate surface area is 207 Å². The topological polar surface area (TPSA) is 134 Å². The van der Waals surface area contributed by atoms with Crippen molar-refractivity contribution in [3.63, 3.8) is 0 Å². The first-order chi connectivity index (χ1) is 17.6. The number of fused-ring (bicyclic) bond motifs is 1. The van der Waals surface area contributed by atoms with Crippen molar-refractivity contribution >= 4 is 34.1 Å². The fourth-order valence-electron chi connectivity index (χ4n) is 4.04. The molecule has 0 unspecified atom stereocenters. The summed E-state index contributed by atoms with van der Waals surface area (Å²) in [6.07, 6.45) is 6.25. The van der Waals surface area contributed by atoms with Crippen molar-refractivity contribution in [2.75, 3.05) is 36.9 Å². The highest BCUT2D eigenvalue weighted by molar-refractivity contribution is 5.99. The van der Waals surface area contributed by atoms with Crippen LogP contribution in [0.2, 0.25) is 0 Å². The van der Waals surface area contributed by atoms with Gasteiger partial charge in [-0.2, -0.15) is 0 Å². The molecule has 1 saturated heterocycles. The number of benzene rings is 1. The Morgan fingerprint density at radius 2 is 2.08 bits per heavy atom. The number of pyridine rings is 2. The van der Waals surface area contributed by atoms with Crippen molar-refractivity contribution in [1.29, 1.82) is 0 Å². The van der Waals surface area contributed by atoms with E-state index in [1.54, 1.807) is 30.7 Å². The lowest BCUT2D eigenvalue weighted by atomic mass is 9.98. The van der Waals surface area contributed by atoms with Crippen LogP contribution in [-0.4, -0.2) is 57.3 Å². The number of ether oxygens (including phenoxy) is 1. The predicted molar refractivity (Wildman–Crippen MR) is 137 cm³/mol. The summed E-state index contributed by atoms with van der Waals surface area (Å²) < 4.78 is 5.84. The molecule has 4 N–H and O–H groups in total. The number of nitrogens with zero attached hydrogens (tertiary/aromatic N) is 4. The number of para-hydroxylation sites is 1. The Kier molecular flexibility index (Phi) is 6.63. The van der Waals surface area contributed by atoms with E-state index in [1.807, 2.05) is 30.3 Å². The number of morpholine rings is 1. The molecule has 0 radical (unpaired) electrons. The van der Waals surface area contributed by atoms with Gasteiger partial charge in [0.25, 0.3) is 0 Å². The molecule has 0 spiro atoms. The number of hydrogen-bond acceptors (Lipinski definition) is 9. The standard InChI is InChI=1S/C26H25N7O3/c1-2-23(35)31-18-8-9-28-21(12-18)20-5-3-4-17-13-30-25(33-24(17)20)32-19-6-7-22(29-14-19)26(16-34)15-27-10-11-36-26/h2-9,12-14,27,34H,1,10-11,15-16H2,(H,28,31,35)(H,30,32,33)/t26-/m1/s1. The summed E-state index contributed by atoms with van der Waals surface area (Å²) in [5, 5.41) is 19.9. The van der Waals surface area contributed by atoms with Gasteiger partial charge in [0, 0.05) is 42.1 Å². The predicted octanol–water partition coefficient (Wildman–Crippen LogP) is 2.76. The number of nitrogens with one attached hydrogen (secondary N) is 3. The van der Waals surface area contributed by atoms with Crippen LogP contribution in [0.4, 0.5) is 17.3 Å². The van der Waals surface area contributed by atoms with E-state index in [0.717, 1.165) is 17.5 Å². The minimum Gasteiger partial charge on any atom is -0.393 e. The average Bonchev–Trinajstić information content (AvgIpc) is 2.93. The van der Waals surface area contributed by atoms with Crippen LogP contribution in [0, 0.1) is 0 Å². The molecule has 0 saturated carbocycles. The molecular formula is C26H25N7O3. The van der Waals surface area contributed by atoms with Crippen LogP contribution in [0.5, 0.6) is 0 Å². The molecule has 5 rings (SSSR count). The molecule has 0 aliphatic carbocycles. The highest BCUT2D eigenvalue weighted by atomic mass is 16.5. The number of anilines is 3. The maximum absolute atomic E-state index is 11.7. The molecule has 1 fully saturated rings. The highest BCUT2D eigenvalue weighted by Crippen LogP contribution is 2.29. The molecule has 1 aromatic carbocycles. The molecule has 3 aromatic heterocycles. The fourth-order valence-corrected chi connectivity index (χ4v) is 4.04. The number of aliphatic hydroxyl groups is 1. The van der Waals surface area contributed by atoms with Crippen LogP contribution in [0.25, 0.3) is 22.2 Å².